The van der Waals surface area contributed by atoms with E-state index in [1.807, 2.05) is 152 Å². The van der Waals surface area contributed by atoms with Gasteiger partial charge in [-0.1, -0.05) is 91.0 Å². The molecule has 0 aromatic heterocycles. The van der Waals surface area contributed by atoms with E-state index in [1.165, 1.54) is 0 Å². The molecule has 2 saturated heterocycles. The second-order valence-corrected chi connectivity index (χ2v) is 21.4. The van der Waals surface area contributed by atoms with Gasteiger partial charge in [0.25, 0.3) is 0 Å². The molecule has 15 heteroatoms. The predicted octanol–water partition coefficient (Wildman–Crippen LogP) is 10.5. The van der Waals surface area contributed by atoms with E-state index in [9.17, 15) is 8.42 Å². The van der Waals surface area contributed by atoms with Gasteiger partial charge in [0.2, 0.25) is 0 Å². The fraction of sp³-hybridized carbons (Fsp3) is 0.410. The molecule has 0 spiro atoms. The van der Waals surface area contributed by atoms with Gasteiger partial charge in [-0.3, -0.25) is 0 Å². The Morgan fingerprint density at radius 2 is 0.882 bits per heavy atom. The third-order valence-corrected chi connectivity index (χ3v) is 15.8. The van der Waals surface area contributed by atoms with Crippen molar-refractivity contribution in [2.75, 3.05) is 60.3 Å². The highest BCUT2D eigenvalue weighted by atomic mass is 32.2. The summed E-state index contributed by atoms with van der Waals surface area (Å²) in [6, 6.07) is 48.9. The Kier molecular flexibility index (Phi) is 21.0. The zero-order valence-electron chi connectivity index (χ0n) is 44.2. The number of rotatable bonds is 23. The van der Waals surface area contributed by atoms with Crippen LogP contribution >= 0.6 is 0 Å². The Hall–Kier alpha value is -6.01. The quantitative estimate of drug-likeness (QED) is 0.0600. The molecule has 9 rings (SSSR count). The van der Waals surface area contributed by atoms with Gasteiger partial charge in [-0.2, -0.15) is 0 Å². The number of hydrogen-bond donors (Lipinski definition) is 0. The van der Waals surface area contributed by atoms with E-state index in [1.54, 1.807) is 35.5 Å². The summed E-state index contributed by atoms with van der Waals surface area (Å²) in [6.07, 6.45) is 0.340. The molecule has 6 aromatic rings. The molecule has 0 radical (unpaired) electrons. The SMILES string of the molecule is COc1ccc(COC[C@H]2CC[C@@H](OCc3ccc(OC)cc3)[C@@H]2OCc2ccc(OC)cc2)cc1.COc1ccc(CO[C@@H]2CCS(=O)(=O)C[C@H]2[C@@H]2OC(c3ccccc3)OC[C@H]2OCc2ccc(OC)cc2)cc1. The number of methoxy groups -OCH3 is 5. The third kappa shape index (κ3) is 16.3. The Labute approximate surface area is 448 Å². The van der Waals surface area contributed by atoms with Gasteiger partial charge in [0.05, 0.1) is 118 Å². The van der Waals surface area contributed by atoms with E-state index >= 15 is 0 Å². The number of hydrogen-bond acceptors (Lipinski definition) is 14. The number of ether oxygens (including phenoxy) is 12. The molecule has 1 unspecified atom stereocenters. The van der Waals surface area contributed by atoms with Gasteiger partial charge in [0, 0.05) is 17.4 Å². The molecule has 406 valence electrons. The van der Waals surface area contributed by atoms with E-state index in [-0.39, 0.29) is 42.3 Å². The summed E-state index contributed by atoms with van der Waals surface area (Å²) in [7, 11) is 5.00. The molecule has 3 aliphatic rings. The van der Waals surface area contributed by atoms with E-state index < -0.39 is 34.3 Å². The Morgan fingerprint density at radius 3 is 1.34 bits per heavy atom. The second kappa shape index (κ2) is 28.4. The lowest BCUT2D eigenvalue weighted by Gasteiger charge is -2.44. The van der Waals surface area contributed by atoms with Crippen LogP contribution in [-0.2, 0) is 76.0 Å². The van der Waals surface area contributed by atoms with Crippen LogP contribution in [0, 0.1) is 11.8 Å². The monoisotopic (exact) mass is 1060 g/mol. The maximum absolute atomic E-state index is 12.9. The summed E-state index contributed by atoms with van der Waals surface area (Å²) < 4.78 is 96.3. The highest BCUT2D eigenvalue weighted by Crippen LogP contribution is 2.38. The van der Waals surface area contributed by atoms with Crippen molar-refractivity contribution < 1.29 is 65.3 Å². The molecule has 76 heavy (non-hydrogen) atoms. The first kappa shape index (κ1) is 56.2. The molecular formula is C61H72O14S. The molecule has 3 fully saturated rings. The van der Waals surface area contributed by atoms with Crippen LogP contribution in [0.25, 0.3) is 0 Å². The largest absolute Gasteiger partial charge is 0.497 e. The minimum Gasteiger partial charge on any atom is -0.497 e. The number of sulfone groups is 1. The minimum atomic E-state index is -3.27. The molecule has 1 saturated carbocycles. The molecule has 8 atom stereocenters. The van der Waals surface area contributed by atoms with Crippen LogP contribution in [0.4, 0.5) is 0 Å². The first-order valence-corrected chi connectivity index (χ1v) is 27.7. The van der Waals surface area contributed by atoms with Crippen LogP contribution < -0.4 is 23.7 Å². The summed E-state index contributed by atoms with van der Waals surface area (Å²) in [5.41, 5.74) is 6.16. The summed E-state index contributed by atoms with van der Waals surface area (Å²) in [5.74, 6) is 3.95. The van der Waals surface area contributed by atoms with Crippen molar-refractivity contribution in [2.45, 2.75) is 89.1 Å². The molecule has 2 heterocycles. The van der Waals surface area contributed by atoms with Crippen LogP contribution in [0.3, 0.4) is 0 Å². The molecule has 2 aliphatic heterocycles. The van der Waals surface area contributed by atoms with Crippen LogP contribution in [0.5, 0.6) is 28.7 Å². The van der Waals surface area contributed by atoms with Crippen LogP contribution in [0.15, 0.2) is 152 Å². The minimum absolute atomic E-state index is 0.0138. The molecule has 0 N–H and O–H groups in total. The van der Waals surface area contributed by atoms with Crippen LogP contribution in [0.1, 0.15) is 58.9 Å². The molecular weight excluding hydrogens is 989 g/mol. The normalized spacial score (nSPS) is 22.9. The highest BCUT2D eigenvalue weighted by Gasteiger charge is 2.46. The molecule has 6 aromatic carbocycles. The molecule has 1 aliphatic carbocycles. The fourth-order valence-corrected chi connectivity index (χ4v) is 11.5. The highest BCUT2D eigenvalue weighted by molar-refractivity contribution is 7.91. The summed E-state index contributed by atoms with van der Waals surface area (Å²) in [4.78, 5) is 0. The summed E-state index contributed by atoms with van der Waals surface area (Å²) >= 11 is 0. The Bertz CT molecular complexity index is 2720. The Balaban J connectivity index is 0.000000203. The lowest BCUT2D eigenvalue weighted by atomic mass is 9.90. The smallest absolute Gasteiger partial charge is 0.184 e. The van der Waals surface area contributed by atoms with Gasteiger partial charge in [-0.25, -0.2) is 8.42 Å². The van der Waals surface area contributed by atoms with E-state index in [2.05, 4.69) is 0 Å². The average molecular weight is 1060 g/mol. The number of benzene rings is 6. The van der Waals surface area contributed by atoms with Gasteiger partial charge < -0.3 is 56.8 Å². The van der Waals surface area contributed by atoms with Crippen LogP contribution in [0.2, 0.25) is 0 Å². The van der Waals surface area contributed by atoms with Crippen molar-refractivity contribution in [3.05, 3.63) is 185 Å². The average Bonchev–Trinajstić information content (AvgIpc) is 3.87. The van der Waals surface area contributed by atoms with E-state index in [0.717, 1.165) is 75.0 Å². The zero-order chi connectivity index (χ0) is 53.1. The Morgan fingerprint density at radius 1 is 0.461 bits per heavy atom. The fourth-order valence-electron chi connectivity index (χ4n) is 9.71. The standard InChI is InChI=1S/C31H36O8S.C30H36O6/c1-34-25-12-8-22(9-13-25)18-36-28-16-17-40(32,33)21-27(28)30-29(37-19-23-10-14-26(35-2)15-11-23)20-38-31(39-30)24-6-4-3-5-7-24;1-31-26-11-4-22(5-12-26)18-34-21-25-10-17-29(35-19-23-6-13-27(32-2)14-7-23)30(25)36-20-24-8-15-28(33-3)16-9-24/h3-15,27-31H,16-21H2,1-2H3;4-9,11-16,25,29-30H,10,17-21H2,1-3H3/t27-,28-,29-,30+,31?;25-,29-,30-/m11/s1. The maximum Gasteiger partial charge on any atom is 0.184 e. The molecule has 0 bridgehead atoms. The van der Waals surface area contributed by atoms with E-state index in [4.69, 9.17) is 56.8 Å². The van der Waals surface area contributed by atoms with Gasteiger partial charge in [-0.15, -0.1) is 0 Å². The van der Waals surface area contributed by atoms with Gasteiger partial charge in [0.15, 0.2) is 16.1 Å². The van der Waals surface area contributed by atoms with Crippen molar-refractivity contribution in [2.24, 2.45) is 11.8 Å². The second-order valence-electron chi connectivity index (χ2n) is 19.2. The lowest BCUT2D eigenvalue weighted by Crippen LogP contribution is -2.54. The van der Waals surface area contributed by atoms with Crippen molar-refractivity contribution in [1.29, 1.82) is 0 Å². The topological polar surface area (TPSA) is 145 Å². The predicted molar refractivity (Wildman–Crippen MR) is 288 cm³/mol. The summed E-state index contributed by atoms with van der Waals surface area (Å²) in [5, 5.41) is 0. The zero-order valence-corrected chi connectivity index (χ0v) is 45.0. The molecule has 14 nitrogen and oxygen atoms in total. The van der Waals surface area contributed by atoms with Crippen molar-refractivity contribution in [3.63, 3.8) is 0 Å². The van der Waals surface area contributed by atoms with Gasteiger partial charge in [-0.05, 0) is 108 Å². The van der Waals surface area contributed by atoms with Crippen molar-refractivity contribution in [3.8, 4) is 28.7 Å². The van der Waals surface area contributed by atoms with Crippen molar-refractivity contribution >= 4 is 9.84 Å². The lowest BCUT2D eigenvalue weighted by molar-refractivity contribution is -0.284. The van der Waals surface area contributed by atoms with Crippen molar-refractivity contribution in [1.82, 2.24) is 0 Å². The van der Waals surface area contributed by atoms with Gasteiger partial charge >= 0.3 is 0 Å². The maximum atomic E-state index is 12.9. The van der Waals surface area contributed by atoms with Crippen LogP contribution in [-0.4, -0.2) is 99.2 Å². The summed E-state index contributed by atoms with van der Waals surface area (Å²) in [6.45, 7) is 3.19. The third-order valence-electron chi connectivity index (χ3n) is 14.1. The first-order chi connectivity index (χ1) is 37.1. The van der Waals surface area contributed by atoms with Gasteiger partial charge in [0.1, 0.15) is 34.9 Å². The van der Waals surface area contributed by atoms with E-state index in [0.29, 0.717) is 46.1 Å². The first-order valence-electron chi connectivity index (χ1n) is 25.8. The molecule has 0 amide bonds.